The van der Waals surface area contributed by atoms with Gasteiger partial charge in [0.1, 0.15) is 0 Å². The van der Waals surface area contributed by atoms with Crippen molar-refractivity contribution >= 4 is 17.9 Å². The first-order valence-corrected chi connectivity index (χ1v) is 7.26. The molecule has 6 heteroatoms. The first-order chi connectivity index (χ1) is 10.9. The molecule has 0 saturated heterocycles. The number of likely N-dealkylation sites (N-methyl/N-ethyl adjacent to an activating group) is 2. The smallest absolute Gasteiger partial charge is 0.260 e. The van der Waals surface area contributed by atoms with Crippen LogP contribution in [0.4, 0.5) is 0 Å². The Morgan fingerprint density at radius 1 is 1.13 bits per heavy atom. The monoisotopic (exact) mass is 320 g/mol. The molecule has 126 valence electrons. The molecular weight excluding hydrogens is 296 g/mol. The van der Waals surface area contributed by atoms with Crippen LogP contribution >= 0.6 is 0 Å². The van der Waals surface area contributed by atoms with Crippen LogP contribution in [0, 0.1) is 0 Å². The van der Waals surface area contributed by atoms with E-state index in [4.69, 9.17) is 9.47 Å². The zero-order valence-electron chi connectivity index (χ0n) is 14.3. The van der Waals surface area contributed by atoms with Crippen molar-refractivity contribution in [3.05, 3.63) is 29.8 Å². The Bertz CT molecular complexity index is 582. The van der Waals surface area contributed by atoms with Crippen LogP contribution in [-0.2, 0) is 9.59 Å². The fourth-order valence-electron chi connectivity index (χ4n) is 1.78. The van der Waals surface area contributed by atoms with Crippen molar-refractivity contribution in [2.24, 2.45) is 0 Å². The van der Waals surface area contributed by atoms with E-state index in [1.807, 2.05) is 31.2 Å². The maximum atomic E-state index is 12.0. The number of benzene rings is 1. The molecule has 1 aromatic rings. The van der Waals surface area contributed by atoms with Crippen LogP contribution in [0.5, 0.6) is 11.5 Å². The van der Waals surface area contributed by atoms with Gasteiger partial charge in [-0.15, -0.1) is 0 Å². The summed E-state index contributed by atoms with van der Waals surface area (Å²) in [5.74, 6) is 0.621. The van der Waals surface area contributed by atoms with E-state index < -0.39 is 0 Å². The fourth-order valence-corrected chi connectivity index (χ4v) is 1.78. The number of carbonyl (C=O) groups is 2. The van der Waals surface area contributed by atoms with Crippen LogP contribution < -0.4 is 9.47 Å². The molecule has 0 saturated carbocycles. The molecule has 0 spiro atoms. The van der Waals surface area contributed by atoms with Gasteiger partial charge in [-0.3, -0.25) is 9.59 Å². The van der Waals surface area contributed by atoms with Gasteiger partial charge in [-0.1, -0.05) is 18.2 Å². The first kappa shape index (κ1) is 18.5. The Kier molecular flexibility index (Phi) is 7.12. The van der Waals surface area contributed by atoms with Crippen molar-refractivity contribution in [2.45, 2.75) is 6.92 Å². The lowest BCUT2D eigenvalue weighted by molar-refractivity contribution is -0.139. The van der Waals surface area contributed by atoms with E-state index in [-0.39, 0.29) is 25.0 Å². The van der Waals surface area contributed by atoms with Crippen LogP contribution in [0.15, 0.2) is 24.3 Å². The van der Waals surface area contributed by atoms with Gasteiger partial charge in [-0.05, 0) is 24.6 Å². The number of methoxy groups -OCH3 is 1. The maximum Gasteiger partial charge on any atom is 0.260 e. The highest BCUT2D eigenvalue weighted by Gasteiger charge is 2.15. The minimum atomic E-state index is -0.278. The molecule has 23 heavy (non-hydrogen) atoms. The summed E-state index contributed by atoms with van der Waals surface area (Å²) in [6.07, 6.45) is 3.87. The Labute approximate surface area is 137 Å². The van der Waals surface area contributed by atoms with Crippen molar-refractivity contribution in [3.8, 4) is 11.5 Å². The summed E-state index contributed by atoms with van der Waals surface area (Å²) in [5.41, 5.74) is 0.983. The number of hydrogen-bond donors (Lipinski definition) is 0. The van der Waals surface area contributed by atoms with Crippen LogP contribution in [0.3, 0.4) is 0 Å². The summed E-state index contributed by atoms with van der Waals surface area (Å²) in [5, 5.41) is 0. The van der Waals surface area contributed by atoms with Crippen molar-refractivity contribution in [1.29, 1.82) is 0 Å². The molecule has 0 radical (unpaired) electrons. The van der Waals surface area contributed by atoms with Crippen LogP contribution in [0.2, 0.25) is 0 Å². The summed E-state index contributed by atoms with van der Waals surface area (Å²) in [6, 6.07) is 5.47. The van der Waals surface area contributed by atoms with E-state index in [1.54, 1.807) is 34.3 Å². The quantitative estimate of drug-likeness (QED) is 0.766. The predicted molar refractivity (Wildman–Crippen MR) is 89.5 cm³/mol. The zero-order valence-corrected chi connectivity index (χ0v) is 14.3. The Morgan fingerprint density at radius 3 is 2.39 bits per heavy atom. The second kappa shape index (κ2) is 8.82. The lowest BCUT2D eigenvalue weighted by Gasteiger charge is -2.19. The van der Waals surface area contributed by atoms with Gasteiger partial charge in [0.05, 0.1) is 13.7 Å². The van der Waals surface area contributed by atoms with Gasteiger partial charge in [0.15, 0.2) is 18.1 Å². The SMILES string of the molecule is C/C=C/c1ccc(OCC(=O)N(C)CC(=O)N(C)C)c(OC)c1. The van der Waals surface area contributed by atoms with E-state index >= 15 is 0 Å². The van der Waals surface area contributed by atoms with Crippen molar-refractivity contribution in [2.75, 3.05) is 41.4 Å². The second-order valence-corrected chi connectivity index (χ2v) is 5.24. The van der Waals surface area contributed by atoms with E-state index in [0.29, 0.717) is 11.5 Å². The van der Waals surface area contributed by atoms with Gasteiger partial charge in [-0.25, -0.2) is 0 Å². The molecule has 0 bridgehead atoms. The van der Waals surface area contributed by atoms with E-state index in [0.717, 1.165) is 5.56 Å². The third-order valence-corrected chi connectivity index (χ3v) is 3.19. The summed E-state index contributed by atoms with van der Waals surface area (Å²) in [4.78, 5) is 26.4. The van der Waals surface area contributed by atoms with E-state index in [9.17, 15) is 9.59 Å². The molecule has 0 aliphatic carbocycles. The second-order valence-electron chi connectivity index (χ2n) is 5.24. The minimum absolute atomic E-state index is 0.0204. The van der Waals surface area contributed by atoms with Gasteiger partial charge >= 0.3 is 0 Å². The molecule has 0 aliphatic rings. The van der Waals surface area contributed by atoms with Crippen molar-refractivity contribution in [3.63, 3.8) is 0 Å². The molecule has 0 aromatic heterocycles. The molecule has 0 fully saturated rings. The van der Waals surface area contributed by atoms with Gasteiger partial charge < -0.3 is 19.3 Å². The predicted octanol–water partition coefficient (Wildman–Crippen LogP) is 1.65. The fraction of sp³-hybridized carbons (Fsp3) is 0.412. The van der Waals surface area contributed by atoms with Crippen molar-refractivity contribution < 1.29 is 19.1 Å². The molecule has 0 unspecified atom stereocenters. The normalized spacial score (nSPS) is 10.5. The van der Waals surface area contributed by atoms with Crippen LogP contribution in [0.25, 0.3) is 6.08 Å². The lowest BCUT2D eigenvalue weighted by Crippen LogP contribution is -2.39. The third-order valence-electron chi connectivity index (χ3n) is 3.19. The Hall–Kier alpha value is -2.50. The maximum absolute atomic E-state index is 12.0. The number of amides is 2. The number of nitrogens with zero attached hydrogens (tertiary/aromatic N) is 2. The molecule has 1 aromatic carbocycles. The highest BCUT2D eigenvalue weighted by molar-refractivity contribution is 5.85. The minimum Gasteiger partial charge on any atom is -0.493 e. The highest BCUT2D eigenvalue weighted by atomic mass is 16.5. The summed E-state index contributed by atoms with van der Waals surface area (Å²) in [7, 11) is 6.41. The van der Waals surface area contributed by atoms with Gasteiger partial charge in [0.2, 0.25) is 5.91 Å². The molecule has 2 amide bonds. The number of ether oxygens (including phenoxy) is 2. The number of hydrogen-bond acceptors (Lipinski definition) is 4. The average molecular weight is 320 g/mol. The van der Waals surface area contributed by atoms with Crippen molar-refractivity contribution in [1.82, 2.24) is 9.80 Å². The summed E-state index contributed by atoms with van der Waals surface area (Å²) >= 11 is 0. The summed E-state index contributed by atoms with van der Waals surface area (Å²) in [6.45, 7) is 1.80. The Morgan fingerprint density at radius 2 is 1.83 bits per heavy atom. The molecule has 0 atom stereocenters. The topological polar surface area (TPSA) is 59.1 Å². The van der Waals surface area contributed by atoms with Crippen LogP contribution in [0.1, 0.15) is 12.5 Å². The molecule has 6 nitrogen and oxygen atoms in total. The van der Waals surface area contributed by atoms with Crippen LogP contribution in [-0.4, -0.2) is 63.0 Å². The standard InChI is InChI=1S/C17H24N2O4/c1-6-7-13-8-9-14(15(10-13)22-5)23-12-17(21)19(4)11-16(20)18(2)3/h6-10H,11-12H2,1-5H3/b7-6+. The third kappa shape index (κ3) is 5.65. The van der Waals surface area contributed by atoms with E-state index in [1.165, 1.54) is 9.80 Å². The number of allylic oxidation sites excluding steroid dienone is 1. The molecule has 0 aliphatic heterocycles. The first-order valence-electron chi connectivity index (χ1n) is 7.26. The molecule has 1 rings (SSSR count). The summed E-state index contributed by atoms with van der Waals surface area (Å²) < 4.78 is 10.8. The van der Waals surface area contributed by atoms with E-state index in [2.05, 4.69) is 0 Å². The largest absolute Gasteiger partial charge is 0.493 e. The van der Waals surface area contributed by atoms with Gasteiger partial charge in [0, 0.05) is 21.1 Å². The van der Waals surface area contributed by atoms with Gasteiger partial charge in [0.25, 0.3) is 5.91 Å². The molecular formula is C17H24N2O4. The number of rotatable bonds is 7. The molecule has 0 heterocycles. The average Bonchev–Trinajstić information content (AvgIpc) is 2.53. The molecule has 0 N–H and O–H groups in total. The lowest BCUT2D eigenvalue weighted by atomic mass is 10.2. The zero-order chi connectivity index (χ0) is 17.4. The number of carbonyl (C=O) groups excluding carboxylic acids is 2. The van der Waals surface area contributed by atoms with Gasteiger partial charge in [-0.2, -0.15) is 0 Å². The highest BCUT2D eigenvalue weighted by Crippen LogP contribution is 2.28. The Balaban J connectivity index is 2.66.